The maximum atomic E-state index is 13.1. The van der Waals surface area contributed by atoms with Crippen LogP contribution in [-0.4, -0.2) is 26.7 Å². The van der Waals surface area contributed by atoms with Gasteiger partial charge in [-0.1, -0.05) is 15.9 Å². The molecule has 1 amide bonds. The first kappa shape index (κ1) is 16.9. The number of hydrogen-bond acceptors (Lipinski definition) is 4. The fourth-order valence-corrected chi connectivity index (χ4v) is 5.05. The van der Waals surface area contributed by atoms with Gasteiger partial charge in [0.05, 0.1) is 19.9 Å². The number of nitrogens with one attached hydrogen (secondary N) is 2. The molecule has 0 fully saturated rings. The van der Waals surface area contributed by atoms with Gasteiger partial charge in [0.25, 0.3) is 5.91 Å². The molecule has 2 aliphatic heterocycles. The van der Waals surface area contributed by atoms with Gasteiger partial charge >= 0.3 is 0 Å². The standard InChI is InChI=1S/C18H16Br2N2O3/c1-24-14-5-9-3-4-21-18(11(9)8-15(14)25-2)12-6-10(19)7-13(20)16(12)22-17(18)23/h5-8,21H,3-4H2,1-2H3,(H,22,23). The molecule has 0 aliphatic carbocycles. The third-order valence-corrected chi connectivity index (χ3v) is 5.92. The summed E-state index contributed by atoms with van der Waals surface area (Å²) < 4.78 is 12.6. The minimum atomic E-state index is -0.936. The molecular formula is C18H16Br2N2O3. The van der Waals surface area contributed by atoms with Crippen molar-refractivity contribution in [1.29, 1.82) is 0 Å². The molecule has 0 aromatic heterocycles. The van der Waals surface area contributed by atoms with Crippen LogP contribution in [0.15, 0.2) is 33.2 Å². The molecule has 4 rings (SSSR count). The summed E-state index contributed by atoms with van der Waals surface area (Å²) >= 11 is 7.08. The first-order chi connectivity index (χ1) is 12.0. The SMILES string of the molecule is COc1cc2c(cc1OC)C1(NCC2)C(=O)Nc2c(Br)cc(Br)cc21. The van der Waals surface area contributed by atoms with Gasteiger partial charge in [-0.05, 0) is 57.7 Å². The number of ether oxygens (including phenoxy) is 2. The Hall–Kier alpha value is -1.57. The molecule has 0 saturated heterocycles. The van der Waals surface area contributed by atoms with Gasteiger partial charge in [0, 0.05) is 21.1 Å². The summed E-state index contributed by atoms with van der Waals surface area (Å²) in [7, 11) is 3.22. The predicted molar refractivity (Wildman–Crippen MR) is 103 cm³/mol. The number of carbonyl (C=O) groups excluding carboxylic acids is 1. The number of methoxy groups -OCH3 is 2. The molecule has 2 N–H and O–H groups in total. The summed E-state index contributed by atoms with van der Waals surface area (Å²) in [6.45, 7) is 0.694. The summed E-state index contributed by atoms with van der Waals surface area (Å²) in [5, 5.41) is 6.47. The van der Waals surface area contributed by atoms with Crippen molar-refractivity contribution in [3.8, 4) is 11.5 Å². The number of anilines is 1. The minimum absolute atomic E-state index is 0.0885. The van der Waals surface area contributed by atoms with Crippen molar-refractivity contribution >= 4 is 43.5 Å². The van der Waals surface area contributed by atoms with Crippen molar-refractivity contribution in [2.45, 2.75) is 12.0 Å². The zero-order valence-electron chi connectivity index (χ0n) is 13.7. The highest BCUT2D eigenvalue weighted by atomic mass is 79.9. The van der Waals surface area contributed by atoms with Crippen LogP contribution >= 0.6 is 31.9 Å². The van der Waals surface area contributed by atoms with Crippen molar-refractivity contribution < 1.29 is 14.3 Å². The van der Waals surface area contributed by atoms with Gasteiger partial charge in [0.2, 0.25) is 0 Å². The van der Waals surface area contributed by atoms with Crippen LogP contribution in [0.25, 0.3) is 0 Å². The second-order valence-electron chi connectivity index (χ2n) is 6.06. The van der Waals surface area contributed by atoms with Gasteiger partial charge in [-0.15, -0.1) is 0 Å². The zero-order chi connectivity index (χ0) is 17.8. The molecule has 0 bridgehead atoms. The summed E-state index contributed by atoms with van der Waals surface area (Å²) in [6, 6.07) is 7.78. The highest BCUT2D eigenvalue weighted by Crippen LogP contribution is 2.49. The van der Waals surface area contributed by atoms with Crippen molar-refractivity contribution in [3.05, 3.63) is 49.9 Å². The van der Waals surface area contributed by atoms with E-state index in [0.29, 0.717) is 18.0 Å². The van der Waals surface area contributed by atoms with Crippen LogP contribution in [0.5, 0.6) is 11.5 Å². The highest BCUT2D eigenvalue weighted by Gasteiger charge is 2.51. The lowest BCUT2D eigenvalue weighted by molar-refractivity contribution is -0.120. The molecule has 2 aliphatic rings. The second-order valence-corrected chi connectivity index (χ2v) is 7.83. The van der Waals surface area contributed by atoms with Crippen LogP contribution in [0.2, 0.25) is 0 Å². The Kier molecular flexibility index (Phi) is 4.05. The predicted octanol–water partition coefficient (Wildman–Crippen LogP) is 3.57. The van der Waals surface area contributed by atoms with Crippen LogP contribution in [0, 0.1) is 0 Å². The molecule has 5 nitrogen and oxygen atoms in total. The molecule has 130 valence electrons. The van der Waals surface area contributed by atoms with E-state index in [1.165, 1.54) is 0 Å². The first-order valence-electron chi connectivity index (χ1n) is 7.82. The maximum Gasteiger partial charge on any atom is 0.254 e. The smallest absolute Gasteiger partial charge is 0.254 e. The van der Waals surface area contributed by atoms with E-state index in [1.807, 2.05) is 24.3 Å². The lowest BCUT2D eigenvalue weighted by Crippen LogP contribution is -2.52. The summed E-state index contributed by atoms with van der Waals surface area (Å²) in [5.74, 6) is 1.20. The first-order valence-corrected chi connectivity index (χ1v) is 9.41. The second kappa shape index (κ2) is 6.00. The van der Waals surface area contributed by atoms with Crippen LogP contribution in [-0.2, 0) is 16.8 Å². The van der Waals surface area contributed by atoms with E-state index in [0.717, 1.165) is 37.7 Å². The van der Waals surface area contributed by atoms with E-state index in [9.17, 15) is 4.79 Å². The number of benzene rings is 2. The molecular weight excluding hydrogens is 452 g/mol. The van der Waals surface area contributed by atoms with E-state index in [-0.39, 0.29) is 5.91 Å². The minimum Gasteiger partial charge on any atom is -0.493 e. The van der Waals surface area contributed by atoms with Crippen LogP contribution in [0.1, 0.15) is 16.7 Å². The Morgan fingerprint density at radius 1 is 1.04 bits per heavy atom. The quantitative estimate of drug-likeness (QED) is 0.708. The third-order valence-electron chi connectivity index (χ3n) is 4.84. The van der Waals surface area contributed by atoms with Crippen LogP contribution in [0.4, 0.5) is 5.69 Å². The highest BCUT2D eigenvalue weighted by molar-refractivity contribution is 9.11. The van der Waals surface area contributed by atoms with E-state index >= 15 is 0 Å². The Morgan fingerprint density at radius 3 is 2.48 bits per heavy atom. The van der Waals surface area contributed by atoms with Crippen LogP contribution < -0.4 is 20.1 Å². The number of halogens is 2. The molecule has 1 spiro atoms. The Bertz CT molecular complexity index is 900. The largest absolute Gasteiger partial charge is 0.493 e. The summed E-state index contributed by atoms with van der Waals surface area (Å²) in [6.07, 6.45) is 0.815. The summed E-state index contributed by atoms with van der Waals surface area (Å²) in [4.78, 5) is 13.1. The molecule has 0 saturated carbocycles. The van der Waals surface area contributed by atoms with Gasteiger partial charge < -0.3 is 14.8 Å². The van der Waals surface area contributed by atoms with E-state index in [1.54, 1.807) is 14.2 Å². The van der Waals surface area contributed by atoms with Gasteiger partial charge in [0.1, 0.15) is 0 Å². The molecule has 25 heavy (non-hydrogen) atoms. The number of rotatable bonds is 2. The number of amides is 1. The number of hydrogen-bond donors (Lipinski definition) is 2. The summed E-state index contributed by atoms with van der Waals surface area (Å²) in [5.41, 5.74) is 2.73. The van der Waals surface area contributed by atoms with Gasteiger partial charge in [-0.2, -0.15) is 0 Å². The van der Waals surface area contributed by atoms with E-state index in [4.69, 9.17) is 9.47 Å². The number of fused-ring (bicyclic) bond motifs is 4. The molecule has 2 aromatic rings. The van der Waals surface area contributed by atoms with Crippen molar-refractivity contribution in [2.75, 3.05) is 26.1 Å². The van der Waals surface area contributed by atoms with Gasteiger partial charge in [0.15, 0.2) is 17.0 Å². The topological polar surface area (TPSA) is 59.6 Å². The lowest BCUT2D eigenvalue weighted by Gasteiger charge is -2.36. The van der Waals surface area contributed by atoms with Crippen LogP contribution in [0.3, 0.4) is 0 Å². The fourth-order valence-electron chi connectivity index (χ4n) is 3.73. The van der Waals surface area contributed by atoms with Crippen molar-refractivity contribution in [2.24, 2.45) is 0 Å². The average Bonchev–Trinajstić information content (AvgIpc) is 2.87. The van der Waals surface area contributed by atoms with E-state index in [2.05, 4.69) is 42.5 Å². The third kappa shape index (κ3) is 2.33. The molecule has 2 aromatic carbocycles. The monoisotopic (exact) mass is 466 g/mol. The lowest BCUT2D eigenvalue weighted by atomic mass is 9.78. The molecule has 0 radical (unpaired) electrons. The van der Waals surface area contributed by atoms with Crippen molar-refractivity contribution in [3.63, 3.8) is 0 Å². The fraction of sp³-hybridized carbons (Fsp3) is 0.278. The van der Waals surface area contributed by atoms with Gasteiger partial charge in [-0.3, -0.25) is 10.1 Å². The zero-order valence-corrected chi connectivity index (χ0v) is 16.9. The molecule has 1 atom stereocenters. The van der Waals surface area contributed by atoms with Crippen molar-refractivity contribution in [1.82, 2.24) is 5.32 Å². The normalized spacial score (nSPS) is 20.9. The molecule has 1 unspecified atom stereocenters. The Labute approximate surface area is 162 Å². The molecule has 7 heteroatoms. The average molecular weight is 468 g/mol. The molecule has 2 heterocycles. The van der Waals surface area contributed by atoms with E-state index < -0.39 is 5.54 Å². The number of carbonyl (C=O) groups is 1. The Morgan fingerprint density at radius 2 is 1.76 bits per heavy atom. The maximum absolute atomic E-state index is 13.1. The Balaban J connectivity index is 2.02. The van der Waals surface area contributed by atoms with Gasteiger partial charge in [-0.25, -0.2) is 0 Å².